The van der Waals surface area contributed by atoms with Gasteiger partial charge in [-0.1, -0.05) is 19.3 Å². The Morgan fingerprint density at radius 1 is 1.39 bits per heavy atom. The number of thiazole rings is 1. The first-order chi connectivity index (χ1) is 8.83. The van der Waals surface area contributed by atoms with E-state index in [-0.39, 0.29) is 0 Å². The molecule has 2 rings (SSSR count). The normalized spacial score (nSPS) is 17.2. The quantitative estimate of drug-likeness (QED) is 0.793. The van der Waals surface area contributed by atoms with Gasteiger partial charge in [0.1, 0.15) is 5.01 Å². The highest BCUT2D eigenvalue weighted by molar-refractivity contribution is 7.99. The highest BCUT2D eigenvalue weighted by Crippen LogP contribution is 2.32. The summed E-state index contributed by atoms with van der Waals surface area (Å²) in [6.07, 6.45) is 7.02. The van der Waals surface area contributed by atoms with E-state index in [4.69, 9.17) is 4.74 Å². The lowest BCUT2D eigenvalue weighted by Crippen LogP contribution is -2.08. The molecule has 0 spiro atoms. The van der Waals surface area contributed by atoms with Crippen LogP contribution in [0.5, 0.6) is 0 Å². The topological polar surface area (TPSA) is 22.1 Å². The average molecular weight is 304 g/mol. The third-order valence-electron chi connectivity index (χ3n) is 3.24. The monoisotopic (exact) mass is 303 g/mol. The molecule has 1 aromatic heterocycles. The van der Waals surface area contributed by atoms with E-state index in [1.54, 1.807) is 18.4 Å². The third kappa shape index (κ3) is 4.15. The van der Waals surface area contributed by atoms with Gasteiger partial charge in [-0.05, 0) is 12.8 Å². The molecule has 0 radical (unpaired) electrons. The van der Waals surface area contributed by atoms with Crippen molar-refractivity contribution >= 4 is 35.7 Å². The smallest absolute Gasteiger partial charge is 0.103 e. The van der Waals surface area contributed by atoms with Gasteiger partial charge in [0.15, 0.2) is 0 Å². The first-order valence-electron chi connectivity index (χ1n) is 6.52. The minimum atomic E-state index is 0.612. The standard InChI is InChI=1S/C13H21NOS3/c1-15-7-11-12(8-16)18-13(14-11)9-17-10-5-3-2-4-6-10/h10,16H,2-9H2,1H3. The van der Waals surface area contributed by atoms with Crippen LogP contribution >= 0.6 is 35.7 Å². The van der Waals surface area contributed by atoms with Crippen LogP contribution in [-0.4, -0.2) is 17.3 Å². The van der Waals surface area contributed by atoms with Crippen molar-refractivity contribution in [3.8, 4) is 0 Å². The molecule has 102 valence electrons. The van der Waals surface area contributed by atoms with Gasteiger partial charge in [0.25, 0.3) is 0 Å². The number of aromatic nitrogens is 1. The van der Waals surface area contributed by atoms with Gasteiger partial charge in [-0.15, -0.1) is 11.3 Å². The maximum absolute atomic E-state index is 5.18. The van der Waals surface area contributed by atoms with Crippen molar-refractivity contribution in [2.75, 3.05) is 7.11 Å². The van der Waals surface area contributed by atoms with Crippen LogP contribution in [0.4, 0.5) is 0 Å². The van der Waals surface area contributed by atoms with Gasteiger partial charge in [-0.3, -0.25) is 0 Å². The molecule has 0 aromatic carbocycles. The van der Waals surface area contributed by atoms with Crippen LogP contribution in [0.3, 0.4) is 0 Å². The Morgan fingerprint density at radius 3 is 2.83 bits per heavy atom. The summed E-state index contributed by atoms with van der Waals surface area (Å²) in [7, 11) is 1.72. The SMILES string of the molecule is COCc1nc(CSC2CCCCC2)sc1CS. The van der Waals surface area contributed by atoms with Crippen molar-refractivity contribution in [2.24, 2.45) is 0 Å². The number of ether oxygens (including phenoxy) is 1. The van der Waals surface area contributed by atoms with Crippen LogP contribution in [0, 0.1) is 0 Å². The summed E-state index contributed by atoms with van der Waals surface area (Å²) < 4.78 is 5.18. The van der Waals surface area contributed by atoms with Crippen molar-refractivity contribution in [1.82, 2.24) is 4.98 Å². The average Bonchev–Trinajstić information content (AvgIpc) is 2.80. The molecular formula is C13H21NOS3. The highest BCUT2D eigenvalue weighted by Gasteiger charge is 2.16. The van der Waals surface area contributed by atoms with Crippen LogP contribution in [0.25, 0.3) is 0 Å². The Morgan fingerprint density at radius 2 is 2.17 bits per heavy atom. The lowest BCUT2D eigenvalue weighted by molar-refractivity contribution is 0.181. The van der Waals surface area contributed by atoms with Crippen LogP contribution < -0.4 is 0 Å². The van der Waals surface area contributed by atoms with E-state index < -0.39 is 0 Å². The predicted octanol–water partition coefficient (Wildman–Crippen LogP) is 4.29. The van der Waals surface area contributed by atoms with Crippen molar-refractivity contribution in [1.29, 1.82) is 0 Å². The molecule has 0 saturated heterocycles. The van der Waals surface area contributed by atoms with Crippen molar-refractivity contribution in [3.63, 3.8) is 0 Å². The molecule has 1 heterocycles. The second kappa shape index (κ2) is 7.78. The van der Waals surface area contributed by atoms with Gasteiger partial charge < -0.3 is 4.74 Å². The van der Waals surface area contributed by atoms with E-state index in [0.29, 0.717) is 6.61 Å². The summed E-state index contributed by atoms with van der Waals surface area (Å²) in [5.74, 6) is 1.82. The van der Waals surface area contributed by atoms with Crippen LogP contribution in [0.1, 0.15) is 47.7 Å². The second-order valence-electron chi connectivity index (χ2n) is 4.64. The second-order valence-corrected chi connectivity index (χ2v) is 7.41. The maximum Gasteiger partial charge on any atom is 0.103 e. The van der Waals surface area contributed by atoms with Crippen LogP contribution in [0.2, 0.25) is 0 Å². The minimum Gasteiger partial charge on any atom is -0.378 e. The molecule has 0 N–H and O–H groups in total. The lowest BCUT2D eigenvalue weighted by Gasteiger charge is -2.20. The first kappa shape index (κ1) is 14.7. The van der Waals surface area contributed by atoms with Gasteiger partial charge in [-0.2, -0.15) is 24.4 Å². The maximum atomic E-state index is 5.18. The Hall–Kier alpha value is 0.290. The van der Waals surface area contributed by atoms with E-state index in [9.17, 15) is 0 Å². The molecule has 0 bridgehead atoms. The molecule has 0 atom stereocenters. The van der Waals surface area contributed by atoms with Crippen molar-refractivity contribution in [2.45, 2.75) is 55.5 Å². The number of hydrogen-bond donors (Lipinski definition) is 1. The zero-order chi connectivity index (χ0) is 12.8. The molecule has 1 aliphatic rings. The number of rotatable bonds is 6. The lowest BCUT2D eigenvalue weighted by atomic mass is 10.0. The van der Waals surface area contributed by atoms with Crippen LogP contribution in [0.15, 0.2) is 0 Å². The third-order valence-corrected chi connectivity index (χ3v) is 6.44. The number of thioether (sulfide) groups is 1. The van der Waals surface area contributed by atoms with Crippen LogP contribution in [-0.2, 0) is 22.8 Å². The van der Waals surface area contributed by atoms with Crippen molar-refractivity contribution in [3.05, 3.63) is 15.6 Å². The summed E-state index contributed by atoms with van der Waals surface area (Å²) in [5.41, 5.74) is 1.08. The van der Waals surface area contributed by atoms with Gasteiger partial charge in [-0.25, -0.2) is 4.98 Å². The minimum absolute atomic E-state index is 0.612. The molecule has 1 aromatic rings. The van der Waals surface area contributed by atoms with E-state index in [2.05, 4.69) is 29.4 Å². The molecular weight excluding hydrogens is 282 g/mol. The van der Waals surface area contributed by atoms with E-state index >= 15 is 0 Å². The predicted molar refractivity (Wildman–Crippen MR) is 83.7 cm³/mol. The summed E-state index contributed by atoms with van der Waals surface area (Å²) in [4.78, 5) is 5.94. The molecule has 0 amide bonds. The summed E-state index contributed by atoms with van der Waals surface area (Å²) >= 11 is 8.25. The molecule has 0 aliphatic heterocycles. The van der Waals surface area contributed by atoms with Gasteiger partial charge in [0.05, 0.1) is 12.3 Å². The Bertz CT molecular complexity index is 361. The highest BCUT2D eigenvalue weighted by atomic mass is 32.2. The number of nitrogens with zero attached hydrogens (tertiary/aromatic N) is 1. The van der Waals surface area contributed by atoms with Gasteiger partial charge in [0, 0.05) is 28.7 Å². The fourth-order valence-electron chi connectivity index (χ4n) is 2.29. The number of thiol groups is 1. The molecule has 18 heavy (non-hydrogen) atoms. The molecule has 0 unspecified atom stereocenters. The summed E-state index contributed by atoms with van der Waals surface area (Å²) in [5, 5.41) is 2.09. The number of hydrogen-bond acceptors (Lipinski definition) is 5. The molecule has 1 fully saturated rings. The summed E-state index contributed by atoms with van der Waals surface area (Å²) in [6.45, 7) is 0.612. The van der Waals surface area contributed by atoms with Crippen molar-refractivity contribution < 1.29 is 4.74 Å². The van der Waals surface area contributed by atoms with Gasteiger partial charge in [0.2, 0.25) is 0 Å². The molecule has 1 aliphatic carbocycles. The number of methoxy groups -OCH3 is 1. The Labute approximate surface area is 123 Å². The van der Waals surface area contributed by atoms with E-state index in [0.717, 1.165) is 22.4 Å². The zero-order valence-corrected chi connectivity index (χ0v) is 13.4. The fraction of sp³-hybridized carbons (Fsp3) is 0.769. The molecule has 2 nitrogen and oxygen atoms in total. The Kier molecular flexibility index (Phi) is 6.35. The fourth-order valence-corrected chi connectivity index (χ4v) is 4.95. The molecule has 1 saturated carbocycles. The summed E-state index contributed by atoms with van der Waals surface area (Å²) in [6, 6.07) is 0. The largest absolute Gasteiger partial charge is 0.378 e. The van der Waals surface area contributed by atoms with E-state index in [1.165, 1.54) is 42.0 Å². The van der Waals surface area contributed by atoms with E-state index in [1.807, 2.05) is 0 Å². The zero-order valence-electron chi connectivity index (χ0n) is 10.9. The Balaban J connectivity index is 1.88. The molecule has 5 heteroatoms. The van der Waals surface area contributed by atoms with Gasteiger partial charge >= 0.3 is 0 Å². The first-order valence-corrected chi connectivity index (χ1v) is 9.02.